The summed E-state index contributed by atoms with van der Waals surface area (Å²) >= 11 is 0. The zero-order valence-electron chi connectivity index (χ0n) is 10.8. The number of carbonyl (C=O) groups is 1. The van der Waals surface area contributed by atoms with Gasteiger partial charge in [-0.25, -0.2) is 17.9 Å². The van der Waals surface area contributed by atoms with Crippen molar-refractivity contribution >= 4 is 26.3 Å². The van der Waals surface area contributed by atoms with E-state index >= 15 is 0 Å². The Morgan fingerprint density at radius 3 is 2.25 bits per heavy atom. The van der Waals surface area contributed by atoms with E-state index in [1.807, 2.05) is 0 Å². The van der Waals surface area contributed by atoms with Gasteiger partial charge in [0.15, 0.2) is 0 Å². The summed E-state index contributed by atoms with van der Waals surface area (Å²) in [6.45, 7) is 1.28. The normalized spacial score (nSPS) is 12.2. The van der Waals surface area contributed by atoms with Gasteiger partial charge in [-0.2, -0.15) is 8.42 Å². The van der Waals surface area contributed by atoms with Crippen molar-refractivity contribution in [3.05, 3.63) is 30.3 Å². The Kier molecular flexibility index (Phi) is 5.09. The van der Waals surface area contributed by atoms with Gasteiger partial charge in [-0.15, -0.1) is 0 Å². The molecule has 10 heteroatoms. The van der Waals surface area contributed by atoms with E-state index in [2.05, 4.69) is 0 Å². The summed E-state index contributed by atoms with van der Waals surface area (Å²) in [5.41, 5.74) is 0. The van der Waals surface area contributed by atoms with Crippen molar-refractivity contribution < 1.29 is 26.4 Å². The minimum atomic E-state index is -4.53. The molecule has 0 radical (unpaired) electrons. The fraction of sp³-hybridized carbons (Fsp3) is 0.300. The van der Waals surface area contributed by atoms with Gasteiger partial charge in [-0.3, -0.25) is 0 Å². The zero-order chi connectivity index (χ0) is 15.4. The predicted molar refractivity (Wildman–Crippen MR) is 71.7 cm³/mol. The zero-order valence-corrected chi connectivity index (χ0v) is 12.4. The number of carbonyl (C=O) groups excluding carboxylic acids is 1. The van der Waals surface area contributed by atoms with Gasteiger partial charge in [0.25, 0.3) is 0 Å². The van der Waals surface area contributed by atoms with E-state index in [0.717, 1.165) is 7.05 Å². The number of benzene rings is 1. The minimum Gasteiger partial charge on any atom is -0.410 e. The van der Waals surface area contributed by atoms with Gasteiger partial charge in [0.2, 0.25) is 10.0 Å². The number of rotatable bonds is 5. The SMILES string of the molecule is CCS(=O)(=O)N(C)S(=O)(=O)NC(=O)Oc1ccccc1. The molecule has 0 atom stereocenters. The molecule has 0 saturated carbocycles. The predicted octanol–water partition coefficient (Wildman–Crippen LogP) is 0.301. The van der Waals surface area contributed by atoms with E-state index in [1.165, 1.54) is 23.8 Å². The summed E-state index contributed by atoms with van der Waals surface area (Å²) in [6, 6.07) is 7.75. The second-order valence-electron chi connectivity index (χ2n) is 3.59. The molecule has 8 nitrogen and oxygen atoms in total. The molecule has 0 unspecified atom stereocenters. The molecule has 20 heavy (non-hydrogen) atoms. The van der Waals surface area contributed by atoms with Gasteiger partial charge in [-0.1, -0.05) is 21.9 Å². The van der Waals surface area contributed by atoms with Crippen molar-refractivity contribution in [1.82, 2.24) is 8.43 Å². The first kappa shape index (κ1) is 16.4. The number of ether oxygens (including phenoxy) is 1. The number of hydrogen-bond donors (Lipinski definition) is 1. The van der Waals surface area contributed by atoms with Crippen molar-refractivity contribution in [3.63, 3.8) is 0 Å². The first-order valence-electron chi connectivity index (χ1n) is 5.45. The van der Waals surface area contributed by atoms with Crippen LogP contribution in [0.15, 0.2) is 30.3 Å². The lowest BCUT2D eigenvalue weighted by Crippen LogP contribution is -2.45. The van der Waals surface area contributed by atoms with Crippen LogP contribution in [-0.2, 0) is 20.2 Å². The van der Waals surface area contributed by atoms with Gasteiger partial charge in [0.1, 0.15) is 5.75 Å². The van der Waals surface area contributed by atoms with E-state index in [0.29, 0.717) is 0 Å². The van der Waals surface area contributed by atoms with Gasteiger partial charge in [0.05, 0.1) is 5.75 Å². The van der Waals surface area contributed by atoms with E-state index in [-0.39, 0.29) is 9.46 Å². The van der Waals surface area contributed by atoms with Crippen LogP contribution in [0.3, 0.4) is 0 Å². The summed E-state index contributed by atoms with van der Waals surface area (Å²) in [5, 5.41) is 0. The Morgan fingerprint density at radius 1 is 1.20 bits per heavy atom. The molecule has 112 valence electrons. The lowest BCUT2D eigenvalue weighted by molar-refractivity contribution is 0.206. The highest BCUT2D eigenvalue weighted by atomic mass is 32.3. The maximum atomic E-state index is 11.7. The van der Waals surface area contributed by atoms with Crippen molar-refractivity contribution in [1.29, 1.82) is 0 Å². The van der Waals surface area contributed by atoms with Crippen molar-refractivity contribution in [2.45, 2.75) is 6.92 Å². The van der Waals surface area contributed by atoms with Crippen LogP contribution in [0.2, 0.25) is 0 Å². The molecule has 0 spiro atoms. The summed E-state index contributed by atoms with van der Waals surface area (Å²) in [7, 11) is -7.70. The summed E-state index contributed by atoms with van der Waals surface area (Å²) < 4.78 is 52.5. The standard InChI is InChI=1S/C10H14N2O6S2/c1-3-19(14,15)12(2)20(16,17)11-10(13)18-9-7-5-4-6-8-9/h4-8H,3H2,1-2H3,(H,11,13). The van der Waals surface area contributed by atoms with Crippen LogP contribution in [0.4, 0.5) is 4.79 Å². The molecule has 0 bridgehead atoms. The second kappa shape index (κ2) is 6.20. The van der Waals surface area contributed by atoms with Crippen LogP contribution in [0, 0.1) is 0 Å². The monoisotopic (exact) mass is 322 g/mol. The molecule has 0 fully saturated rings. The van der Waals surface area contributed by atoms with Crippen LogP contribution in [-0.4, -0.2) is 39.4 Å². The Hall–Kier alpha value is -1.65. The number of amides is 1. The van der Waals surface area contributed by atoms with Crippen LogP contribution in [0.25, 0.3) is 0 Å². The minimum absolute atomic E-state index is 0.0895. The number of sulfonamides is 1. The average Bonchev–Trinajstić information content (AvgIpc) is 2.38. The van der Waals surface area contributed by atoms with Gasteiger partial charge in [-0.05, 0) is 19.1 Å². The molecule has 0 aromatic heterocycles. The third-order valence-electron chi connectivity index (χ3n) is 2.26. The van der Waals surface area contributed by atoms with Crippen LogP contribution < -0.4 is 9.46 Å². The van der Waals surface area contributed by atoms with E-state index in [9.17, 15) is 21.6 Å². The first-order valence-corrected chi connectivity index (χ1v) is 8.50. The molecule has 0 saturated heterocycles. The van der Waals surface area contributed by atoms with Crippen LogP contribution in [0.5, 0.6) is 5.75 Å². The summed E-state index contributed by atoms with van der Waals surface area (Å²) in [6.07, 6.45) is -1.30. The first-order chi connectivity index (χ1) is 9.19. The second-order valence-corrected chi connectivity index (χ2v) is 7.81. The molecule has 1 rings (SSSR count). The largest absolute Gasteiger partial charge is 0.427 e. The Labute approximate surface area is 117 Å². The molecule has 0 aliphatic heterocycles. The molecular formula is C10H14N2O6S2. The number of nitrogens with one attached hydrogen (secondary N) is 1. The molecule has 1 N–H and O–H groups in total. The number of nitrogens with zero attached hydrogens (tertiary/aromatic N) is 1. The maximum absolute atomic E-state index is 11.7. The third-order valence-corrected chi connectivity index (χ3v) is 6.15. The highest BCUT2D eigenvalue weighted by Crippen LogP contribution is 2.09. The third kappa shape index (κ3) is 4.18. The molecular weight excluding hydrogens is 308 g/mol. The quantitative estimate of drug-likeness (QED) is 0.835. The van der Waals surface area contributed by atoms with Crippen LogP contribution >= 0.6 is 0 Å². The molecule has 0 aliphatic carbocycles. The highest BCUT2D eigenvalue weighted by molar-refractivity contribution is 8.03. The van der Waals surface area contributed by atoms with E-state index < -0.39 is 32.1 Å². The smallest absolute Gasteiger partial charge is 0.410 e. The van der Waals surface area contributed by atoms with E-state index in [1.54, 1.807) is 18.2 Å². The van der Waals surface area contributed by atoms with Gasteiger partial charge >= 0.3 is 16.3 Å². The molecule has 1 amide bonds. The lowest BCUT2D eigenvalue weighted by Gasteiger charge is -2.16. The summed E-state index contributed by atoms with van der Waals surface area (Å²) in [5.74, 6) is -0.292. The molecule has 1 aromatic rings. The lowest BCUT2D eigenvalue weighted by atomic mass is 10.3. The van der Waals surface area contributed by atoms with Gasteiger partial charge < -0.3 is 4.74 Å². The van der Waals surface area contributed by atoms with Crippen molar-refractivity contribution in [3.8, 4) is 5.75 Å². The molecule has 1 aromatic carbocycles. The Morgan fingerprint density at radius 2 is 1.75 bits per heavy atom. The van der Waals surface area contributed by atoms with E-state index in [4.69, 9.17) is 4.74 Å². The Bertz CT molecular complexity index is 669. The highest BCUT2D eigenvalue weighted by Gasteiger charge is 2.30. The van der Waals surface area contributed by atoms with Crippen molar-refractivity contribution in [2.75, 3.05) is 12.8 Å². The average molecular weight is 322 g/mol. The number of para-hydroxylation sites is 1. The van der Waals surface area contributed by atoms with Crippen molar-refractivity contribution in [2.24, 2.45) is 0 Å². The van der Waals surface area contributed by atoms with Crippen LogP contribution in [0.1, 0.15) is 6.92 Å². The topological polar surface area (TPSA) is 110 Å². The fourth-order valence-electron chi connectivity index (χ4n) is 1.12. The summed E-state index contributed by atoms with van der Waals surface area (Å²) in [4.78, 5) is 11.4. The molecule has 0 aliphatic rings. The fourth-order valence-corrected chi connectivity index (χ4v) is 3.49. The Balaban J connectivity index is 2.79. The van der Waals surface area contributed by atoms with Gasteiger partial charge in [0, 0.05) is 7.05 Å². The molecule has 0 heterocycles. The number of hydrogen-bond acceptors (Lipinski definition) is 6. The maximum Gasteiger partial charge on any atom is 0.427 e.